The van der Waals surface area contributed by atoms with Gasteiger partial charge in [-0.1, -0.05) is 24.6 Å². The third-order valence-corrected chi connectivity index (χ3v) is 8.73. The molecule has 0 N–H and O–H groups in total. The van der Waals surface area contributed by atoms with Gasteiger partial charge in [-0.25, -0.2) is 12.4 Å². The molecule has 3 aromatic rings. The van der Waals surface area contributed by atoms with Crippen molar-refractivity contribution in [1.29, 1.82) is 0 Å². The molecule has 4 rings (SSSR count). The van der Waals surface area contributed by atoms with Crippen LogP contribution in [0.5, 0.6) is 0 Å². The van der Waals surface area contributed by atoms with Crippen LogP contribution in [-0.4, -0.2) is 36.5 Å². The Balaban J connectivity index is 1.91. The van der Waals surface area contributed by atoms with Crippen molar-refractivity contribution in [3.8, 4) is 0 Å². The molecule has 0 aliphatic carbocycles. The zero-order valence-corrected chi connectivity index (χ0v) is 20.4. The largest absolute Gasteiger partial charge is 0.497 e. The van der Waals surface area contributed by atoms with E-state index in [1.54, 1.807) is 30.1 Å². The quantitative estimate of drug-likeness (QED) is 0.414. The van der Waals surface area contributed by atoms with Crippen molar-refractivity contribution in [1.82, 2.24) is 3.97 Å². The van der Waals surface area contributed by atoms with Crippen LogP contribution in [0.15, 0.2) is 58.5 Å². The Morgan fingerprint density at radius 1 is 1.00 bits per heavy atom. The Morgan fingerprint density at radius 2 is 1.61 bits per heavy atom. The van der Waals surface area contributed by atoms with Gasteiger partial charge in [0.25, 0.3) is 10.0 Å². The number of hydrogen-bond donors (Lipinski definition) is 0. The predicted molar refractivity (Wildman–Crippen MR) is 128 cm³/mol. The van der Waals surface area contributed by atoms with Gasteiger partial charge in [0.05, 0.1) is 21.6 Å². The number of rotatable bonds is 5. The highest BCUT2D eigenvalue weighted by Gasteiger charge is 2.52. The SMILES string of the molecule is CCSc1ccc2c(c1)c(B1OC(C)(C)C(C)(C)O1)cn2S(=O)(=O)c1ccc(C)cc1. The standard InChI is InChI=1S/C23H28BNO4S2/c1-7-30-17-10-13-21-19(14-17)20(24-28-22(3,4)23(5,6)29-24)15-25(21)31(26,27)18-11-8-16(2)9-12-18/h8-15H,7H2,1-6H3. The summed E-state index contributed by atoms with van der Waals surface area (Å²) in [5.74, 6) is 0.930. The van der Waals surface area contributed by atoms with Crippen molar-refractivity contribution in [2.45, 2.75) is 62.5 Å². The van der Waals surface area contributed by atoms with Crippen LogP contribution in [0.25, 0.3) is 10.9 Å². The fraction of sp³-hybridized carbons (Fsp3) is 0.391. The summed E-state index contributed by atoms with van der Waals surface area (Å²) >= 11 is 1.72. The highest BCUT2D eigenvalue weighted by Crippen LogP contribution is 2.38. The molecule has 2 heterocycles. The van der Waals surface area contributed by atoms with Crippen molar-refractivity contribution in [3.05, 3.63) is 54.2 Å². The third kappa shape index (κ3) is 3.84. The van der Waals surface area contributed by atoms with Gasteiger partial charge < -0.3 is 9.31 Å². The highest BCUT2D eigenvalue weighted by molar-refractivity contribution is 7.99. The molecule has 31 heavy (non-hydrogen) atoms. The van der Waals surface area contributed by atoms with Crippen LogP contribution in [0.1, 0.15) is 40.2 Å². The van der Waals surface area contributed by atoms with Crippen molar-refractivity contribution >= 4 is 45.3 Å². The highest BCUT2D eigenvalue weighted by atomic mass is 32.2. The summed E-state index contributed by atoms with van der Waals surface area (Å²) in [6.45, 7) is 12.0. The molecule has 1 aliphatic rings. The Morgan fingerprint density at radius 3 is 2.19 bits per heavy atom. The number of hydrogen-bond acceptors (Lipinski definition) is 5. The first-order valence-corrected chi connectivity index (χ1v) is 12.8. The van der Waals surface area contributed by atoms with Gasteiger partial charge in [-0.05, 0) is 70.7 Å². The minimum Gasteiger partial charge on any atom is -0.399 e. The maximum atomic E-state index is 13.5. The zero-order valence-electron chi connectivity index (χ0n) is 18.8. The molecule has 5 nitrogen and oxygen atoms in total. The van der Waals surface area contributed by atoms with Crippen LogP contribution in [0, 0.1) is 6.92 Å². The lowest BCUT2D eigenvalue weighted by molar-refractivity contribution is 0.00578. The van der Waals surface area contributed by atoms with Crippen molar-refractivity contribution < 1.29 is 17.7 Å². The van der Waals surface area contributed by atoms with Gasteiger partial charge in [-0.15, -0.1) is 11.8 Å². The van der Waals surface area contributed by atoms with Gasteiger partial charge in [0, 0.05) is 21.9 Å². The number of fused-ring (bicyclic) bond motifs is 1. The van der Waals surface area contributed by atoms with Crippen LogP contribution in [0.4, 0.5) is 0 Å². The molecule has 1 saturated heterocycles. The van der Waals surface area contributed by atoms with Crippen LogP contribution < -0.4 is 5.46 Å². The molecule has 1 fully saturated rings. The molecule has 0 bridgehead atoms. The number of benzene rings is 2. The molecule has 0 spiro atoms. The van der Waals surface area contributed by atoms with Crippen LogP contribution in [-0.2, 0) is 19.3 Å². The van der Waals surface area contributed by atoms with E-state index in [-0.39, 0.29) is 4.90 Å². The minimum absolute atomic E-state index is 0.252. The lowest BCUT2D eigenvalue weighted by Gasteiger charge is -2.32. The first-order chi connectivity index (χ1) is 14.5. The van der Waals surface area contributed by atoms with E-state index < -0.39 is 28.3 Å². The Kier molecular flexibility index (Phi) is 5.57. The van der Waals surface area contributed by atoms with E-state index in [2.05, 4.69) is 6.92 Å². The second-order valence-corrected chi connectivity index (χ2v) is 12.1. The zero-order chi connectivity index (χ0) is 22.6. The maximum Gasteiger partial charge on any atom is 0.497 e. The lowest BCUT2D eigenvalue weighted by Crippen LogP contribution is -2.41. The smallest absolute Gasteiger partial charge is 0.399 e. The maximum absolute atomic E-state index is 13.5. The van der Waals surface area contributed by atoms with Crippen LogP contribution >= 0.6 is 11.8 Å². The Hall–Kier alpha value is -1.74. The van der Waals surface area contributed by atoms with Crippen molar-refractivity contribution in [3.63, 3.8) is 0 Å². The molecular weight excluding hydrogens is 429 g/mol. The summed E-state index contributed by atoms with van der Waals surface area (Å²) in [6, 6.07) is 12.8. The second-order valence-electron chi connectivity index (χ2n) is 8.90. The average Bonchev–Trinajstić information content (AvgIpc) is 3.16. The summed E-state index contributed by atoms with van der Waals surface area (Å²) in [5.41, 5.74) is 1.32. The van der Waals surface area contributed by atoms with Gasteiger partial charge >= 0.3 is 7.12 Å². The fourth-order valence-corrected chi connectivity index (χ4v) is 5.72. The number of aromatic nitrogens is 1. The lowest BCUT2D eigenvalue weighted by atomic mass is 9.79. The Bertz CT molecular complexity index is 1210. The molecule has 0 radical (unpaired) electrons. The van der Waals surface area contributed by atoms with E-state index in [9.17, 15) is 8.42 Å². The fourth-order valence-electron chi connectivity index (χ4n) is 3.64. The predicted octanol–water partition coefficient (Wildman–Crippen LogP) is 4.60. The molecule has 0 amide bonds. The first-order valence-electron chi connectivity index (χ1n) is 10.4. The molecule has 8 heteroatoms. The summed E-state index contributed by atoms with van der Waals surface area (Å²) in [5, 5.41) is 0.827. The normalized spacial score (nSPS) is 18.1. The Labute approximate surface area is 189 Å². The van der Waals surface area contributed by atoms with E-state index in [0.29, 0.717) is 5.52 Å². The van der Waals surface area contributed by atoms with Gasteiger partial charge in [0.2, 0.25) is 0 Å². The molecule has 0 atom stereocenters. The molecule has 1 aliphatic heterocycles. The monoisotopic (exact) mass is 457 g/mol. The number of nitrogens with zero attached hydrogens (tertiary/aromatic N) is 1. The number of aryl methyl sites for hydroxylation is 1. The van der Waals surface area contributed by atoms with Gasteiger partial charge in [0.15, 0.2) is 0 Å². The van der Waals surface area contributed by atoms with Gasteiger partial charge in [0.1, 0.15) is 0 Å². The molecule has 0 saturated carbocycles. The van der Waals surface area contributed by atoms with Gasteiger partial charge in [-0.2, -0.15) is 0 Å². The average molecular weight is 457 g/mol. The molecule has 2 aromatic carbocycles. The minimum atomic E-state index is -3.77. The first kappa shape index (κ1) is 22.5. The number of thioether (sulfide) groups is 1. The second kappa shape index (κ2) is 7.69. The third-order valence-electron chi connectivity index (χ3n) is 6.17. The van der Waals surface area contributed by atoms with Crippen molar-refractivity contribution in [2.24, 2.45) is 0 Å². The summed E-state index contributed by atoms with van der Waals surface area (Å²) in [6.07, 6.45) is 1.66. The van der Waals surface area contributed by atoms with E-state index in [4.69, 9.17) is 9.31 Å². The van der Waals surface area contributed by atoms with Gasteiger partial charge in [-0.3, -0.25) is 0 Å². The van der Waals surface area contributed by atoms with Crippen LogP contribution in [0.3, 0.4) is 0 Å². The van der Waals surface area contributed by atoms with Crippen molar-refractivity contribution in [2.75, 3.05) is 5.75 Å². The summed E-state index contributed by atoms with van der Waals surface area (Å²) in [7, 11) is -4.42. The van der Waals surface area contributed by atoms with E-state index in [0.717, 1.165) is 27.1 Å². The topological polar surface area (TPSA) is 57.5 Å². The molecule has 1 aromatic heterocycles. The summed E-state index contributed by atoms with van der Waals surface area (Å²) < 4.78 is 40.9. The molecule has 0 unspecified atom stereocenters. The van der Waals surface area contributed by atoms with Crippen LogP contribution in [0.2, 0.25) is 0 Å². The van der Waals surface area contributed by atoms with E-state index in [1.165, 1.54) is 3.97 Å². The molecular formula is C23H28BNO4S2. The van der Waals surface area contributed by atoms with E-state index in [1.807, 2.05) is 65.0 Å². The summed E-state index contributed by atoms with van der Waals surface area (Å²) in [4.78, 5) is 1.33. The molecule has 164 valence electrons. The van der Waals surface area contributed by atoms with E-state index >= 15 is 0 Å².